The van der Waals surface area contributed by atoms with Crippen LogP contribution in [0.15, 0.2) is 200 Å². The highest BCUT2D eigenvalue weighted by Gasteiger charge is 2.16. The van der Waals surface area contributed by atoms with Gasteiger partial charge in [0, 0.05) is 36.9 Å². The van der Waals surface area contributed by atoms with Gasteiger partial charge >= 0.3 is 0 Å². The molecule has 0 bridgehead atoms. The first kappa shape index (κ1) is 32.6. The Morgan fingerprint density at radius 3 is 1.44 bits per heavy atom. The molecule has 0 aliphatic rings. The van der Waals surface area contributed by atoms with Crippen molar-refractivity contribution in [2.45, 2.75) is 0 Å². The fraction of sp³-hybridized carbons (Fsp3) is 0. The molecule has 10 aromatic rings. The van der Waals surface area contributed by atoms with Crippen LogP contribution in [0.25, 0.3) is 98.8 Å². The first-order valence-electron chi connectivity index (χ1n) is 18.4. The van der Waals surface area contributed by atoms with Crippen molar-refractivity contribution in [1.29, 1.82) is 0 Å². The molecule has 258 valence electrons. The molecule has 0 fully saturated rings. The molecule has 0 spiro atoms. The Morgan fingerprint density at radius 1 is 0.255 bits per heavy atom. The fourth-order valence-corrected chi connectivity index (χ4v) is 8.43. The van der Waals surface area contributed by atoms with E-state index in [0.29, 0.717) is 17.5 Å². The molecule has 0 N–H and O–H groups in total. The predicted molar refractivity (Wildman–Crippen MR) is 231 cm³/mol. The topological polar surface area (TPSA) is 38.7 Å². The zero-order valence-corrected chi connectivity index (χ0v) is 30.6. The summed E-state index contributed by atoms with van der Waals surface area (Å²) in [4.78, 5) is 15.4. The molecule has 0 atom stereocenters. The first-order chi connectivity index (χ1) is 27.2. The summed E-state index contributed by atoms with van der Waals surface area (Å²) in [5.41, 5.74) is 12.0. The third-order valence-corrected chi connectivity index (χ3v) is 11.3. The summed E-state index contributed by atoms with van der Waals surface area (Å²) >= 11 is 1.85. The van der Waals surface area contributed by atoms with E-state index in [1.54, 1.807) is 0 Å². The van der Waals surface area contributed by atoms with Crippen molar-refractivity contribution in [2.24, 2.45) is 0 Å². The average Bonchev–Trinajstić information content (AvgIpc) is 3.65. The van der Waals surface area contributed by atoms with Gasteiger partial charge < -0.3 is 0 Å². The standard InChI is InChI=1S/C51H33N3S/c1-3-12-34(13-4-1)35-26-28-39(29-27-35)49-52-50(54-51(53-49)45-20-8-7-18-43(45)38-14-5-2-6-15-38)42-17-11-16-40(32-42)36-22-24-37(25-23-36)41-30-31-48-46(33-41)44-19-9-10-21-47(44)55-48/h1-33H. The summed E-state index contributed by atoms with van der Waals surface area (Å²) in [5, 5.41) is 2.62. The molecule has 0 unspecified atom stereocenters. The van der Waals surface area contributed by atoms with Crippen LogP contribution in [-0.4, -0.2) is 15.0 Å². The maximum Gasteiger partial charge on any atom is 0.164 e. The number of nitrogens with zero attached hydrogens (tertiary/aromatic N) is 3. The zero-order chi connectivity index (χ0) is 36.6. The molecule has 3 nitrogen and oxygen atoms in total. The fourth-order valence-electron chi connectivity index (χ4n) is 7.34. The number of benzene rings is 8. The Hall–Kier alpha value is -7.01. The lowest BCUT2D eigenvalue weighted by molar-refractivity contribution is 1.07. The quantitative estimate of drug-likeness (QED) is 0.165. The van der Waals surface area contributed by atoms with Gasteiger partial charge in [-0.1, -0.05) is 176 Å². The van der Waals surface area contributed by atoms with E-state index in [-0.39, 0.29) is 0 Å². The minimum absolute atomic E-state index is 0.629. The second kappa shape index (κ2) is 14.1. The molecule has 2 heterocycles. The van der Waals surface area contributed by atoms with E-state index in [9.17, 15) is 0 Å². The largest absolute Gasteiger partial charge is 0.208 e. The van der Waals surface area contributed by atoms with Crippen LogP contribution in [0.4, 0.5) is 0 Å². The second-order valence-corrected chi connectivity index (χ2v) is 14.7. The van der Waals surface area contributed by atoms with Crippen LogP contribution in [0.1, 0.15) is 0 Å². The SMILES string of the molecule is c1ccc(-c2ccc(-c3nc(-c4cccc(-c5ccc(-c6ccc7sc8ccccc8c7c6)cc5)c4)nc(-c4ccccc4-c4ccccc4)n3)cc2)cc1. The highest BCUT2D eigenvalue weighted by molar-refractivity contribution is 7.25. The Morgan fingerprint density at radius 2 is 0.709 bits per heavy atom. The van der Waals surface area contributed by atoms with Gasteiger partial charge in [-0.2, -0.15) is 0 Å². The van der Waals surface area contributed by atoms with E-state index >= 15 is 0 Å². The monoisotopic (exact) mass is 719 g/mol. The smallest absolute Gasteiger partial charge is 0.164 e. The lowest BCUT2D eigenvalue weighted by atomic mass is 9.98. The van der Waals surface area contributed by atoms with Crippen molar-refractivity contribution >= 4 is 31.5 Å². The lowest BCUT2D eigenvalue weighted by Crippen LogP contribution is -2.01. The Bertz CT molecular complexity index is 2950. The molecule has 0 aliphatic carbocycles. The molecule has 55 heavy (non-hydrogen) atoms. The van der Waals surface area contributed by atoms with Gasteiger partial charge in [0.25, 0.3) is 0 Å². The third-order valence-electron chi connectivity index (χ3n) is 10.2. The summed E-state index contributed by atoms with van der Waals surface area (Å²) in [6, 6.07) is 70.5. The molecule has 0 aliphatic heterocycles. The second-order valence-electron chi connectivity index (χ2n) is 13.6. The van der Waals surface area contributed by atoms with Crippen LogP contribution in [0, 0.1) is 0 Å². The van der Waals surface area contributed by atoms with Crippen molar-refractivity contribution in [2.75, 3.05) is 0 Å². The number of aromatic nitrogens is 3. The Kier molecular flexibility index (Phi) is 8.36. The van der Waals surface area contributed by atoms with Gasteiger partial charge in [0.15, 0.2) is 17.5 Å². The van der Waals surface area contributed by atoms with E-state index in [1.165, 1.54) is 36.9 Å². The van der Waals surface area contributed by atoms with E-state index in [0.717, 1.165) is 44.5 Å². The van der Waals surface area contributed by atoms with Gasteiger partial charge in [0.1, 0.15) is 0 Å². The third kappa shape index (κ3) is 6.39. The molecule has 4 heteroatoms. The van der Waals surface area contributed by atoms with E-state index in [2.05, 4.69) is 182 Å². The zero-order valence-electron chi connectivity index (χ0n) is 29.8. The van der Waals surface area contributed by atoms with Crippen LogP contribution in [-0.2, 0) is 0 Å². The van der Waals surface area contributed by atoms with Gasteiger partial charge in [0.2, 0.25) is 0 Å². The number of rotatable bonds is 7. The predicted octanol–water partition coefficient (Wildman–Crippen LogP) is 13.9. The maximum absolute atomic E-state index is 5.16. The summed E-state index contributed by atoms with van der Waals surface area (Å²) in [5.74, 6) is 1.90. The number of hydrogen-bond donors (Lipinski definition) is 0. The van der Waals surface area contributed by atoms with Gasteiger partial charge in [-0.25, -0.2) is 15.0 Å². The van der Waals surface area contributed by atoms with Gasteiger partial charge in [0.05, 0.1) is 0 Å². The maximum atomic E-state index is 5.16. The molecule has 10 rings (SSSR count). The van der Waals surface area contributed by atoms with Crippen LogP contribution < -0.4 is 0 Å². The van der Waals surface area contributed by atoms with Crippen molar-refractivity contribution in [3.8, 4) is 78.7 Å². The number of hydrogen-bond acceptors (Lipinski definition) is 4. The van der Waals surface area contributed by atoms with Crippen LogP contribution >= 0.6 is 11.3 Å². The van der Waals surface area contributed by atoms with Gasteiger partial charge in [-0.3, -0.25) is 0 Å². The van der Waals surface area contributed by atoms with Crippen molar-refractivity contribution in [3.63, 3.8) is 0 Å². The number of fused-ring (bicyclic) bond motifs is 3. The Labute approximate surface area is 323 Å². The van der Waals surface area contributed by atoms with Crippen LogP contribution in [0.3, 0.4) is 0 Å². The van der Waals surface area contributed by atoms with E-state index < -0.39 is 0 Å². The minimum Gasteiger partial charge on any atom is -0.208 e. The Balaban J connectivity index is 1.04. The molecule has 0 saturated heterocycles. The van der Waals surface area contributed by atoms with Gasteiger partial charge in [-0.05, 0) is 68.8 Å². The van der Waals surface area contributed by atoms with Gasteiger partial charge in [-0.15, -0.1) is 11.3 Å². The molecular formula is C51H33N3S. The first-order valence-corrected chi connectivity index (χ1v) is 19.2. The molecule has 0 saturated carbocycles. The normalized spacial score (nSPS) is 11.3. The minimum atomic E-state index is 0.629. The number of thiophene rings is 1. The van der Waals surface area contributed by atoms with E-state index in [1.807, 2.05) is 29.5 Å². The molecule has 0 amide bonds. The summed E-state index contributed by atoms with van der Waals surface area (Å²) in [6.45, 7) is 0. The highest BCUT2D eigenvalue weighted by atomic mass is 32.1. The molecular weight excluding hydrogens is 687 g/mol. The molecule has 0 radical (unpaired) electrons. The average molecular weight is 720 g/mol. The van der Waals surface area contributed by atoms with Crippen molar-refractivity contribution in [1.82, 2.24) is 15.0 Å². The van der Waals surface area contributed by atoms with Crippen molar-refractivity contribution in [3.05, 3.63) is 200 Å². The van der Waals surface area contributed by atoms with E-state index in [4.69, 9.17) is 15.0 Å². The summed E-state index contributed by atoms with van der Waals surface area (Å²) < 4.78 is 2.64. The summed E-state index contributed by atoms with van der Waals surface area (Å²) in [7, 11) is 0. The summed E-state index contributed by atoms with van der Waals surface area (Å²) in [6.07, 6.45) is 0. The highest BCUT2D eigenvalue weighted by Crippen LogP contribution is 2.37. The van der Waals surface area contributed by atoms with Crippen LogP contribution in [0.5, 0.6) is 0 Å². The molecule has 8 aromatic carbocycles. The molecule has 2 aromatic heterocycles. The van der Waals surface area contributed by atoms with Crippen molar-refractivity contribution < 1.29 is 0 Å². The lowest BCUT2D eigenvalue weighted by Gasteiger charge is -2.13. The van der Waals surface area contributed by atoms with Crippen LogP contribution in [0.2, 0.25) is 0 Å².